The number of carbonyl (C=O) groups is 1. The van der Waals surface area contributed by atoms with Crippen LogP contribution in [0.1, 0.15) is 10.4 Å². The molecule has 0 fully saturated rings. The summed E-state index contributed by atoms with van der Waals surface area (Å²) in [5, 5.41) is 16.6. The number of aromatic amines is 1. The summed E-state index contributed by atoms with van der Waals surface area (Å²) >= 11 is 5.85. The van der Waals surface area contributed by atoms with Crippen LogP contribution in [0, 0.1) is 0 Å². The molecule has 4 aromatic rings. The largest absolute Gasteiger partial charge is 0.506 e. The molecule has 2 aromatic heterocycles. The van der Waals surface area contributed by atoms with Crippen LogP contribution < -0.4 is 5.32 Å². The van der Waals surface area contributed by atoms with E-state index < -0.39 is 0 Å². The molecule has 8 heteroatoms. The van der Waals surface area contributed by atoms with Crippen LogP contribution in [0.5, 0.6) is 5.75 Å². The van der Waals surface area contributed by atoms with E-state index in [2.05, 4.69) is 20.4 Å². The number of carbonyl (C=O) groups excluding carboxylic acids is 1. The zero-order chi connectivity index (χ0) is 18.3. The van der Waals surface area contributed by atoms with Crippen molar-refractivity contribution in [3.05, 3.63) is 59.1 Å². The maximum absolute atomic E-state index is 12.4. The van der Waals surface area contributed by atoms with E-state index in [0.29, 0.717) is 17.2 Å². The minimum atomic E-state index is -0.374. The number of halogens is 1. The second-order valence-corrected chi connectivity index (χ2v) is 6.17. The van der Waals surface area contributed by atoms with E-state index in [9.17, 15) is 9.90 Å². The number of hydrogen-bond acceptors (Lipinski definition) is 4. The van der Waals surface area contributed by atoms with E-state index >= 15 is 0 Å². The molecule has 26 heavy (non-hydrogen) atoms. The standard InChI is InChI=1S/C18H14ClN5O2/c1-24-14(17-20-12-4-2-3-5-13(12)21-17)9-16(23-24)22-18(26)10-6-7-15(25)11(19)8-10/h2-9,25H,1H3,(H,20,21)(H,22,23,26). The Labute approximate surface area is 153 Å². The van der Waals surface area contributed by atoms with Gasteiger partial charge in [-0.25, -0.2) is 4.98 Å². The number of amides is 1. The number of fused-ring (bicyclic) bond motifs is 1. The van der Waals surface area contributed by atoms with Crippen molar-refractivity contribution in [1.82, 2.24) is 19.7 Å². The maximum Gasteiger partial charge on any atom is 0.256 e. The van der Waals surface area contributed by atoms with Crippen LogP contribution in [-0.2, 0) is 7.05 Å². The van der Waals surface area contributed by atoms with Crippen LogP contribution in [0.2, 0.25) is 5.02 Å². The summed E-state index contributed by atoms with van der Waals surface area (Å²) < 4.78 is 1.64. The fourth-order valence-corrected chi connectivity index (χ4v) is 2.84. The fraction of sp³-hybridized carbons (Fsp3) is 0.0556. The Bertz CT molecular complexity index is 1100. The Morgan fingerprint density at radius 3 is 2.81 bits per heavy atom. The number of phenolic OH excluding ortho intramolecular Hbond substituents is 1. The first kappa shape index (κ1) is 16.2. The minimum absolute atomic E-state index is 0.0757. The van der Waals surface area contributed by atoms with E-state index in [4.69, 9.17) is 11.6 Å². The normalized spacial score (nSPS) is 11.0. The van der Waals surface area contributed by atoms with Crippen molar-refractivity contribution in [3.8, 4) is 17.3 Å². The zero-order valence-corrected chi connectivity index (χ0v) is 14.4. The van der Waals surface area contributed by atoms with E-state index in [1.807, 2.05) is 24.3 Å². The van der Waals surface area contributed by atoms with Gasteiger partial charge >= 0.3 is 0 Å². The van der Waals surface area contributed by atoms with Crippen LogP contribution >= 0.6 is 11.6 Å². The molecule has 2 heterocycles. The Hall–Kier alpha value is -3.32. The fourth-order valence-electron chi connectivity index (χ4n) is 2.66. The highest BCUT2D eigenvalue weighted by Crippen LogP contribution is 2.25. The van der Waals surface area contributed by atoms with Gasteiger partial charge in [0, 0.05) is 18.7 Å². The van der Waals surface area contributed by atoms with Crippen LogP contribution in [0.3, 0.4) is 0 Å². The molecule has 0 saturated carbocycles. The third-order valence-electron chi connectivity index (χ3n) is 3.96. The number of para-hydroxylation sites is 2. The molecule has 130 valence electrons. The molecule has 1 amide bonds. The van der Waals surface area contributed by atoms with Crippen molar-refractivity contribution >= 4 is 34.4 Å². The molecule has 2 aromatic carbocycles. The van der Waals surface area contributed by atoms with Gasteiger partial charge < -0.3 is 15.4 Å². The van der Waals surface area contributed by atoms with Crippen molar-refractivity contribution in [2.45, 2.75) is 0 Å². The molecule has 0 saturated heterocycles. The number of aromatic nitrogens is 4. The maximum atomic E-state index is 12.4. The number of benzene rings is 2. The average molecular weight is 368 g/mol. The van der Waals surface area contributed by atoms with Gasteiger partial charge in [-0.1, -0.05) is 23.7 Å². The number of nitrogens with zero attached hydrogens (tertiary/aromatic N) is 3. The van der Waals surface area contributed by atoms with Gasteiger partial charge in [-0.05, 0) is 30.3 Å². The molecule has 4 rings (SSSR count). The summed E-state index contributed by atoms with van der Waals surface area (Å²) in [4.78, 5) is 20.1. The summed E-state index contributed by atoms with van der Waals surface area (Å²) in [6.45, 7) is 0. The summed E-state index contributed by atoms with van der Waals surface area (Å²) in [7, 11) is 1.77. The van der Waals surface area contributed by atoms with Crippen molar-refractivity contribution in [2.75, 3.05) is 5.32 Å². The Balaban J connectivity index is 1.61. The number of rotatable bonds is 3. The third-order valence-corrected chi connectivity index (χ3v) is 4.27. The van der Waals surface area contributed by atoms with Crippen LogP contribution in [0.15, 0.2) is 48.5 Å². The predicted molar refractivity (Wildman–Crippen MR) is 99.4 cm³/mol. The van der Waals surface area contributed by atoms with Gasteiger partial charge in [0.25, 0.3) is 5.91 Å². The van der Waals surface area contributed by atoms with Gasteiger partial charge in [0.05, 0.1) is 16.1 Å². The number of nitrogens with one attached hydrogen (secondary N) is 2. The molecule has 0 spiro atoms. The molecule has 0 aliphatic heterocycles. The lowest BCUT2D eigenvalue weighted by Crippen LogP contribution is -2.12. The molecule has 3 N–H and O–H groups in total. The second-order valence-electron chi connectivity index (χ2n) is 5.76. The van der Waals surface area contributed by atoms with Gasteiger partial charge in [-0.2, -0.15) is 5.10 Å². The molecule has 0 aliphatic carbocycles. The molecule has 7 nitrogen and oxygen atoms in total. The highest BCUT2D eigenvalue weighted by Gasteiger charge is 2.15. The van der Waals surface area contributed by atoms with Gasteiger partial charge in [-0.15, -0.1) is 0 Å². The monoisotopic (exact) mass is 367 g/mol. The summed E-state index contributed by atoms with van der Waals surface area (Å²) in [6, 6.07) is 13.7. The van der Waals surface area contributed by atoms with E-state index in [0.717, 1.165) is 16.7 Å². The lowest BCUT2D eigenvalue weighted by molar-refractivity contribution is 0.102. The number of aromatic hydroxyl groups is 1. The molecule has 0 atom stereocenters. The third kappa shape index (κ3) is 2.89. The van der Waals surface area contributed by atoms with Crippen molar-refractivity contribution in [1.29, 1.82) is 0 Å². The molecular formula is C18H14ClN5O2. The van der Waals surface area contributed by atoms with Crippen molar-refractivity contribution in [3.63, 3.8) is 0 Å². The summed E-state index contributed by atoms with van der Waals surface area (Å²) in [5.74, 6) is 0.598. The van der Waals surface area contributed by atoms with Crippen molar-refractivity contribution < 1.29 is 9.90 Å². The summed E-state index contributed by atoms with van der Waals surface area (Å²) in [6.07, 6.45) is 0. The number of hydrogen-bond donors (Lipinski definition) is 3. The lowest BCUT2D eigenvalue weighted by atomic mass is 10.2. The van der Waals surface area contributed by atoms with E-state index in [1.54, 1.807) is 17.8 Å². The predicted octanol–water partition coefficient (Wildman–Crippen LogP) is 3.57. The lowest BCUT2D eigenvalue weighted by Gasteiger charge is -2.03. The Morgan fingerprint density at radius 2 is 2.04 bits per heavy atom. The molecular weight excluding hydrogens is 354 g/mol. The minimum Gasteiger partial charge on any atom is -0.506 e. The Morgan fingerprint density at radius 1 is 1.23 bits per heavy atom. The van der Waals surface area contributed by atoms with Gasteiger partial charge in [-0.3, -0.25) is 9.48 Å². The molecule has 0 aliphatic rings. The van der Waals surface area contributed by atoms with E-state index in [-0.39, 0.29) is 16.7 Å². The smallest absolute Gasteiger partial charge is 0.256 e. The molecule has 0 bridgehead atoms. The highest BCUT2D eigenvalue weighted by molar-refractivity contribution is 6.32. The first-order chi connectivity index (χ1) is 12.5. The SMILES string of the molecule is Cn1nc(NC(=O)c2ccc(O)c(Cl)c2)cc1-c1nc2ccccc2[nH]1. The number of H-pyrrole nitrogens is 1. The number of imidazole rings is 1. The average Bonchev–Trinajstić information content (AvgIpc) is 3.20. The van der Waals surface area contributed by atoms with Crippen molar-refractivity contribution in [2.24, 2.45) is 7.05 Å². The second kappa shape index (κ2) is 6.20. The van der Waals surface area contributed by atoms with Crippen LogP contribution in [-0.4, -0.2) is 30.8 Å². The van der Waals surface area contributed by atoms with Gasteiger partial charge in [0.15, 0.2) is 11.6 Å². The number of anilines is 1. The van der Waals surface area contributed by atoms with Crippen LogP contribution in [0.25, 0.3) is 22.6 Å². The first-order valence-corrected chi connectivity index (χ1v) is 8.18. The van der Waals surface area contributed by atoms with E-state index in [1.165, 1.54) is 18.2 Å². The first-order valence-electron chi connectivity index (χ1n) is 7.80. The topological polar surface area (TPSA) is 95.8 Å². The molecule has 0 radical (unpaired) electrons. The Kier molecular flexibility index (Phi) is 3.85. The van der Waals surface area contributed by atoms with Crippen LogP contribution in [0.4, 0.5) is 5.82 Å². The zero-order valence-electron chi connectivity index (χ0n) is 13.7. The van der Waals surface area contributed by atoms with Gasteiger partial charge in [0.2, 0.25) is 0 Å². The van der Waals surface area contributed by atoms with Gasteiger partial charge in [0.1, 0.15) is 11.4 Å². The number of phenols is 1. The number of aryl methyl sites for hydroxylation is 1. The quantitative estimate of drug-likeness (QED) is 0.515. The molecule has 0 unspecified atom stereocenters. The highest BCUT2D eigenvalue weighted by atomic mass is 35.5. The summed E-state index contributed by atoms with van der Waals surface area (Å²) in [5.41, 5.74) is 2.84.